The zero-order valence-corrected chi connectivity index (χ0v) is 10.5. The lowest BCUT2D eigenvalue weighted by molar-refractivity contribution is -0.142. The largest absolute Gasteiger partial charge is 0.367 e. The molecule has 2 nitrogen and oxygen atoms in total. The Balaban J connectivity index is 2.05. The van der Waals surface area contributed by atoms with Gasteiger partial charge in [-0.2, -0.15) is 0 Å². The van der Waals surface area contributed by atoms with E-state index in [1.165, 1.54) is 0 Å². The lowest BCUT2D eigenvalue weighted by Crippen LogP contribution is -2.39. The maximum atomic E-state index is 12.3. The van der Waals surface area contributed by atoms with Crippen molar-refractivity contribution in [2.24, 2.45) is 0 Å². The molecule has 1 fully saturated rings. The Morgan fingerprint density at radius 3 is 2.81 bits per heavy atom. The molecule has 88 valence electrons. The summed E-state index contributed by atoms with van der Waals surface area (Å²) in [5.74, 6) is 0.273. The summed E-state index contributed by atoms with van der Waals surface area (Å²) < 4.78 is 5.76. The van der Waals surface area contributed by atoms with E-state index in [9.17, 15) is 4.79 Å². The Kier molecular flexibility index (Phi) is 3.77. The topological polar surface area (TPSA) is 26.3 Å². The van der Waals surface area contributed by atoms with Crippen molar-refractivity contribution in [3.05, 3.63) is 22.4 Å². The van der Waals surface area contributed by atoms with Crippen LogP contribution in [0.5, 0.6) is 0 Å². The quantitative estimate of drug-likeness (QED) is 0.787. The van der Waals surface area contributed by atoms with Crippen molar-refractivity contribution in [1.29, 1.82) is 0 Å². The molecular formula is C13H18O2S. The van der Waals surface area contributed by atoms with Crippen LogP contribution in [0.3, 0.4) is 0 Å². The SMILES string of the molecule is CCOC1(C(=O)Cc2cccs2)CCCC1. The Morgan fingerprint density at radius 2 is 2.25 bits per heavy atom. The van der Waals surface area contributed by atoms with Crippen LogP contribution in [0.15, 0.2) is 17.5 Å². The molecule has 0 N–H and O–H groups in total. The summed E-state index contributed by atoms with van der Waals surface area (Å²) in [6, 6.07) is 4.02. The molecule has 2 rings (SSSR count). The average molecular weight is 238 g/mol. The van der Waals surface area contributed by atoms with Gasteiger partial charge in [0.25, 0.3) is 0 Å². The van der Waals surface area contributed by atoms with Crippen molar-refractivity contribution in [3.63, 3.8) is 0 Å². The van der Waals surface area contributed by atoms with Gasteiger partial charge in [-0.1, -0.05) is 6.07 Å². The second-order valence-corrected chi connectivity index (χ2v) is 5.35. The number of ether oxygens (including phenoxy) is 1. The minimum atomic E-state index is -0.460. The van der Waals surface area contributed by atoms with Gasteiger partial charge in [-0.25, -0.2) is 0 Å². The molecule has 1 aromatic rings. The summed E-state index contributed by atoms with van der Waals surface area (Å²) in [5, 5.41) is 2.02. The second kappa shape index (κ2) is 5.11. The molecule has 1 aliphatic carbocycles. The van der Waals surface area contributed by atoms with Crippen LogP contribution in [0.25, 0.3) is 0 Å². The minimum Gasteiger partial charge on any atom is -0.367 e. The number of rotatable bonds is 5. The highest BCUT2D eigenvalue weighted by molar-refractivity contribution is 7.10. The highest BCUT2D eigenvalue weighted by Gasteiger charge is 2.41. The maximum Gasteiger partial charge on any atom is 0.169 e. The van der Waals surface area contributed by atoms with Gasteiger partial charge in [0, 0.05) is 17.9 Å². The van der Waals surface area contributed by atoms with E-state index >= 15 is 0 Å². The zero-order valence-electron chi connectivity index (χ0n) is 9.70. The summed E-state index contributed by atoms with van der Waals surface area (Å²) in [4.78, 5) is 13.5. The second-order valence-electron chi connectivity index (χ2n) is 4.31. The van der Waals surface area contributed by atoms with E-state index in [4.69, 9.17) is 4.74 Å². The van der Waals surface area contributed by atoms with Crippen LogP contribution in [-0.4, -0.2) is 18.0 Å². The molecule has 0 aromatic carbocycles. The Bertz CT molecular complexity index is 337. The van der Waals surface area contributed by atoms with E-state index in [-0.39, 0.29) is 5.78 Å². The van der Waals surface area contributed by atoms with Crippen molar-refractivity contribution in [3.8, 4) is 0 Å². The monoisotopic (exact) mass is 238 g/mol. The molecule has 0 spiro atoms. The van der Waals surface area contributed by atoms with Crippen molar-refractivity contribution in [1.82, 2.24) is 0 Å². The Morgan fingerprint density at radius 1 is 1.50 bits per heavy atom. The number of hydrogen-bond acceptors (Lipinski definition) is 3. The first kappa shape index (κ1) is 11.8. The fourth-order valence-corrected chi connectivity index (χ4v) is 3.16. The first-order chi connectivity index (χ1) is 7.77. The van der Waals surface area contributed by atoms with Crippen molar-refractivity contribution >= 4 is 17.1 Å². The molecule has 0 radical (unpaired) electrons. The van der Waals surface area contributed by atoms with Crippen LogP contribution in [0, 0.1) is 0 Å². The standard InChI is InChI=1S/C13H18O2S/c1-2-15-13(7-3-4-8-13)12(14)10-11-6-5-9-16-11/h5-6,9H,2-4,7-8,10H2,1H3. The molecule has 1 aliphatic rings. The average Bonchev–Trinajstić information content (AvgIpc) is 2.89. The summed E-state index contributed by atoms with van der Waals surface area (Å²) in [6.07, 6.45) is 4.60. The fourth-order valence-electron chi connectivity index (χ4n) is 2.46. The number of ketones is 1. The third kappa shape index (κ3) is 2.36. The third-order valence-electron chi connectivity index (χ3n) is 3.25. The smallest absolute Gasteiger partial charge is 0.169 e. The molecule has 16 heavy (non-hydrogen) atoms. The number of thiophene rings is 1. The number of carbonyl (C=O) groups is 1. The number of carbonyl (C=O) groups excluding carboxylic acids is 1. The normalized spacial score (nSPS) is 18.8. The van der Waals surface area contributed by atoms with Gasteiger partial charge >= 0.3 is 0 Å². The van der Waals surface area contributed by atoms with E-state index in [0.29, 0.717) is 13.0 Å². The van der Waals surface area contributed by atoms with Crippen LogP contribution in [-0.2, 0) is 16.0 Å². The van der Waals surface area contributed by atoms with Crippen molar-refractivity contribution < 1.29 is 9.53 Å². The molecule has 1 heterocycles. The first-order valence-corrected chi connectivity index (χ1v) is 6.84. The number of Topliss-reactive ketones (excluding diaryl/α,β-unsaturated/α-hetero) is 1. The third-order valence-corrected chi connectivity index (χ3v) is 4.13. The van der Waals surface area contributed by atoms with Crippen LogP contribution >= 0.6 is 11.3 Å². The molecule has 0 atom stereocenters. The summed E-state index contributed by atoms with van der Waals surface area (Å²) in [7, 11) is 0. The first-order valence-electron chi connectivity index (χ1n) is 5.96. The molecule has 0 unspecified atom stereocenters. The lowest BCUT2D eigenvalue weighted by Gasteiger charge is -2.27. The molecule has 0 aliphatic heterocycles. The van der Waals surface area contributed by atoms with E-state index < -0.39 is 5.60 Å². The van der Waals surface area contributed by atoms with E-state index in [2.05, 4.69) is 0 Å². The molecule has 0 amide bonds. The summed E-state index contributed by atoms with van der Waals surface area (Å²) in [6.45, 7) is 2.61. The van der Waals surface area contributed by atoms with Gasteiger partial charge in [0.15, 0.2) is 5.78 Å². The van der Waals surface area contributed by atoms with E-state index in [1.807, 2.05) is 24.4 Å². The Labute approximate surface area is 101 Å². The predicted octanol–water partition coefficient (Wildman–Crippen LogP) is 3.21. The zero-order chi connectivity index (χ0) is 11.4. The van der Waals surface area contributed by atoms with E-state index in [0.717, 1.165) is 30.6 Å². The lowest BCUT2D eigenvalue weighted by atomic mass is 9.93. The van der Waals surface area contributed by atoms with Gasteiger partial charge in [0.1, 0.15) is 5.60 Å². The van der Waals surface area contributed by atoms with Crippen LogP contribution < -0.4 is 0 Å². The molecule has 3 heteroatoms. The van der Waals surface area contributed by atoms with Crippen LogP contribution in [0.1, 0.15) is 37.5 Å². The molecular weight excluding hydrogens is 220 g/mol. The van der Waals surface area contributed by atoms with Crippen LogP contribution in [0.4, 0.5) is 0 Å². The molecule has 0 saturated heterocycles. The van der Waals surface area contributed by atoms with Gasteiger partial charge in [-0.05, 0) is 44.1 Å². The van der Waals surface area contributed by atoms with Gasteiger partial charge in [0.2, 0.25) is 0 Å². The summed E-state index contributed by atoms with van der Waals surface area (Å²) in [5.41, 5.74) is -0.460. The predicted molar refractivity (Wildman–Crippen MR) is 65.9 cm³/mol. The van der Waals surface area contributed by atoms with E-state index in [1.54, 1.807) is 11.3 Å². The summed E-state index contributed by atoms with van der Waals surface area (Å²) >= 11 is 1.65. The fraction of sp³-hybridized carbons (Fsp3) is 0.615. The molecule has 1 saturated carbocycles. The minimum absolute atomic E-state index is 0.273. The highest BCUT2D eigenvalue weighted by Crippen LogP contribution is 2.35. The maximum absolute atomic E-state index is 12.3. The Hall–Kier alpha value is -0.670. The molecule has 1 aromatic heterocycles. The van der Waals surface area contributed by atoms with Gasteiger partial charge in [-0.15, -0.1) is 11.3 Å². The van der Waals surface area contributed by atoms with Gasteiger partial charge in [-0.3, -0.25) is 4.79 Å². The number of hydrogen-bond donors (Lipinski definition) is 0. The van der Waals surface area contributed by atoms with Gasteiger partial charge in [0.05, 0.1) is 0 Å². The van der Waals surface area contributed by atoms with Gasteiger partial charge < -0.3 is 4.74 Å². The highest BCUT2D eigenvalue weighted by atomic mass is 32.1. The van der Waals surface area contributed by atoms with Crippen LogP contribution in [0.2, 0.25) is 0 Å². The van der Waals surface area contributed by atoms with Crippen molar-refractivity contribution in [2.75, 3.05) is 6.61 Å². The molecule has 0 bridgehead atoms. The van der Waals surface area contributed by atoms with Crippen molar-refractivity contribution in [2.45, 2.75) is 44.6 Å².